The largest absolute Gasteiger partial charge is 0.398 e. The van der Waals surface area contributed by atoms with Crippen molar-refractivity contribution in [2.75, 3.05) is 5.73 Å². The molecule has 4 nitrogen and oxygen atoms in total. The summed E-state index contributed by atoms with van der Waals surface area (Å²) in [5.74, 6) is 0.720. The Bertz CT molecular complexity index is 420. The molecule has 0 unspecified atom stereocenters. The number of H-pyrrole nitrogens is 1. The van der Waals surface area contributed by atoms with Gasteiger partial charge >= 0.3 is 0 Å². The number of hydrogen-bond donors (Lipinski definition) is 2. The second kappa shape index (κ2) is 3.49. The Morgan fingerprint density at radius 2 is 2.29 bits per heavy atom. The van der Waals surface area contributed by atoms with Gasteiger partial charge in [0.25, 0.3) is 0 Å². The van der Waals surface area contributed by atoms with Gasteiger partial charge in [-0.2, -0.15) is 5.10 Å². The van der Waals surface area contributed by atoms with Crippen LogP contribution in [0.5, 0.6) is 0 Å². The second-order valence-electron chi connectivity index (χ2n) is 3.11. The highest BCUT2D eigenvalue weighted by Gasteiger charge is 2.05. The van der Waals surface area contributed by atoms with Crippen molar-refractivity contribution in [3.05, 3.63) is 30.1 Å². The average Bonchev–Trinajstić information content (AvgIpc) is 2.71. The number of aromatic nitrogens is 3. The molecule has 1 aromatic carbocycles. The summed E-state index contributed by atoms with van der Waals surface area (Å²) in [6, 6.07) is 5.96. The van der Waals surface area contributed by atoms with E-state index in [-0.39, 0.29) is 0 Å². The van der Waals surface area contributed by atoms with Crippen molar-refractivity contribution in [2.45, 2.75) is 13.3 Å². The monoisotopic (exact) mass is 188 g/mol. The molecule has 0 amide bonds. The maximum Gasteiger partial charge on any atom is 0.157 e. The third-order valence-corrected chi connectivity index (χ3v) is 2.20. The fourth-order valence-corrected chi connectivity index (χ4v) is 1.36. The highest BCUT2D eigenvalue weighted by Crippen LogP contribution is 2.23. The molecule has 0 fully saturated rings. The van der Waals surface area contributed by atoms with Crippen molar-refractivity contribution >= 4 is 5.69 Å². The first-order valence-corrected chi connectivity index (χ1v) is 4.55. The zero-order chi connectivity index (χ0) is 9.97. The molecule has 1 aromatic heterocycles. The summed E-state index contributed by atoms with van der Waals surface area (Å²) in [5, 5.41) is 6.61. The molecule has 14 heavy (non-hydrogen) atoms. The van der Waals surface area contributed by atoms with E-state index in [9.17, 15) is 0 Å². The lowest BCUT2D eigenvalue weighted by atomic mass is 10.1. The average molecular weight is 188 g/mol. The molecule has 3 N–H and O–H groups in total. The van der Waals surface area contributed by atoms with Crippen LogP contribution >= 0.6 is 0 Å². The lowest BCUT2D eigenvalue weighted by Crippen LogP contribution is -1.93. The summed E-state index contributed by atoms with van der Waals surface area (Å²) in [6.45, 7) is 2.11. The predicted octanol–water partition coefficient (Wildman–Crippen LogP) is 1.62. The summed E-state index contributed by atoms with van der Waals surface area (Å²) in [4.78, 5) is 4.08. The summed E-state index contributed by atoms with van der Waals surface area (Å²) < 4.78 is 0. The zero-order valence-corrected chi connectivity index (χ0v) is 7.99. The van der Waals surface area contributed by atoms with Gasteiger partial charge in [-0.15, -0.1) is 0 Å². The van der Waals surface area contributed by atoms with Gasteiger partial charge in [0.15, 0.2) is 5.82 Å². The summed E-state index contributed by atoms with van der Waals surface area (Å²) >= 11 is 0. The van der Waals surface area contributed by atoms with Crippen molar-refractivity contribution in [1.82, 2.24) is 15.2 Å². The number of nitrogens with two attached hydrogens (primary N) is 1. The fraction of sp³-hybridized carbons (Fsp3) is 0.200. The van der Waals surface area contributed by atoms with Crippen molar-refractivity contribution in [1.29, 1.82) is 0 Å². The zero-order valence-electron chi connectivity index (χ0n) is 7.99. The van der Waals surface area contributed by atoms with Crippen LogP contribution in [0.25, 0.3) is 11.4 Å². The van der Waals surface area contributed by atoms with Gasteiger partial charge in [0.1, 0.15) is 6.33 Å². The number of nitrogens with one attached hydrogen (secondary N) is 1. The van der Waals surface area contributed by atoms with Gasteiger partial charge in [0, 0.05) is 11.3 Å². The van der Waals surface area contributed by atoms with E-state index in [0.29, 0.717) is 0 Å². The number of hydrogen-bond acceptors (Lipinski definition) is 3. The summed E-state index contributed by atoms with van der Waals surface area (Å²) in [6.07, 6.45) is 2.47. The standard InChI is InChI=1S/C10H12N4/c1-2-7-3-4-9(11)8(5-7)10-12-6-13-14-10/h3-6H,2,11H2,1H3,(H,12,13,14). The first-order valence-electron chi connectivity index (χ1n) is 4.55. The Labute approximate surface area is 82.2 Å². The quantitative estimate of drug-likeness (QED) is 0.703. The highest BCUT2D eigenvalue weighted by molar-refractivity contribution is 5.71. The van der Waals surface area contributed by atoms with Crippen LogP contribution in [-0.2, 0) is 6.42 Å². The number of aromatic amines is 1. The van der Waals surface area contributed by atoms with Crippen LogP contribution < -0.4 is 5.73 Å². The van der Waals surface area contributed by atoms with E-state index >= 15 is 0 Å². The molecule has 72 valence electrons. The molecular weight excluding hydrogens is 176 g/mol. The molecule has 4 heteroatoms. The van der Waals surface area contributed by atoms with E-state index in [1.807, 2.05) is 18.2 Å². The first-order chi connectivity index (χ1) is 6.81. The number of nitrogens with zero attached hydrogens (tertiary/aromatic N) is 2. The first kappa shape index (κ1) is 8.74. The van der Waals surface area contributed by atoms with Crippen LogP contribution in [0, 0.1) is 0 Å². The molecule has 0 aliphatic carbocycles. The van der Waals surface area contributed by atoms with Gasteiger partial charge in [-0.1, -0.05) is 13.0 Å². The van der Waals surface area contributed by atoms with E-state index in [2.05, 4.69) is 22.1 Å². The molecule has 0 spiro atoms. The SMILES string of the molecule is CCc1ccc(N)c(-c2ncn[nH]2)c1. The smallest absolute Gasteiger partial charge is 0.157 e. The number of benzene rings is 1. The van der Waals surface area contributed by atoms with E-state index in [4.69, 9.17) is 5.73 Å². The molecule has 0 saturated heterocycles. The highest BCUT2D eigenvalue weighted by atomic mass is 15.2. The lowest BCUT2D eigenvalue weighted by molar-refractivity contribution is 1.09. The van der Waals surface area contributed by atoms with Gasteiger partial charge in [0.2, 0.25) is 0 Å². The van der Waals surface area contributed by atoms with Gasteiger partial charge in [-0.25, -0.2) is 4.98 Å². The van der Waals surface area contributed by atoms with Crippen molar-refractivity contribution < 1.29 is 0 Å². The Kier molecular flexibility index (Phi) is 2.18. The minimum Gasteiger partial charge on any atom is -0.398 e. The van der Waals surface area contributed by atoms with E-state index in [1.165, 1.54) is 11.9 Å². The predicted molar refractivity (Wildman–Crippen MR) is 55.6 cm³/mol. The maximum absolute atomic E-state index is 5.85. The molecule has 2 aromatic rings. The second-order valence-corrected chi connectivity index (χ2v) is 3.11. The molecule has 2 rings (SSSR count). The number of nitrogen functional groups attached to an aromatic ring is 1. The molecule has 0 aliphatic rings. The van der Waals surface area contributed by atoms with Gasteiger partial charge < -0.3 is 5.73 Å². The Morgan fingerprint density at radius 3 is 2.93 bits per heavy atom. The summed E-state index contributed by atoms with van der Waals surface area (Å²) in [7, 11) is 0. The van der Waals surface area contributed by atoms with Crippen molar-refractivity contribution in [2.24, 2.45) is 0 Å². The number of aryl methyl sites for hydroxylation is 1. The number of anilines is 1. The van der Waals surface area contributed by atoms with Crippen LogP contribution in [-0.4, -0.2) is 15.2 Å². The van der Waals surface area contributed by atoms with E-state index < -0.39 is 0 Å². The molecular formula is C10H12N4. The molecule has 0 radical (unpaired) electrons. The molecule has 0 atom stereocenters. The van der Waals surface area contributed by atoms with Gasteiger partial charge in [0.05, 0.1) is 0 Å². The van der Waals surface area contributed by atoms with Crippen LogP contribution in [0.15, 0.2) is 24.5 Å². The van der Waals surface area contributed by atoms with Crippen LogP contribution in [0.4, 0.5) is 5.69 Å². The van der Waals surface area contributed by atoms with Crippen molar-refractivity contribution in [3.8, 4) is 11.4 Å². The maximum atomic E-state index is 5.85. The van der Waals surface area contributed by atoms with Gasteiger partial charge in [-0.05, 0) is 24.1 Å². The normalized spacial score (nSPS) is 10.4. The third-order valence-electron chi connectivity index (χ3n) is 2.20. The minimum absolute atomic E-state index is 0.720. The number of rotatable bonds is 2. The molecule has 1 heterocycles. The third kappa shape index (κ3) is 1.46. The fourth-order valence-electron chi connectivity index (χ4n) is 1.36. The van der Waals surface area contributed by atoms with Crippen LogP contribution in [0.2, 0.25) is 0 Å². The Balaban J connectivity index is 2.51. The topological polar surface area (TPSA) is 67.6 Å². The van der Waals surface area contributed by atoms with Gasteiger partial charge in [-0.3, -0.25) is 5.10 Å². The molecule has 0 aliphatic heterocycles. The Hall–Kier alpha value is -1.84. The van der Waals surface area contributed by atoms with E-state index in [1.54, 1.807) is 0 Å². The Morgan fingerprint density at radius 1 is 1.43 bits per heavy atom. The molecule has 0 saturated carbocycles. The molecule has 0 bridgehead atoms. The van der Waals surface area contributed by atoms with E-state index in [0.717, 1.165) is 23.5 Å². The van der Waals surface area contributed by atoms with Crippen molar-refractivity contribution in [3.63, 3.8) is 0 Å². The summed E-state index contributed by atoms with van der Waals surface area (Å²) in [5.41, 5.74) is 8.73. The minimum atomic E-state index is 0.720. The van der Waals surface area contributed by atoms with Crippen LogP contribution in [0.1, 0.15) is 12.5 Å². The lowest BCUT2D eigenvalue weighted by Gasteiger charge is -2.04. The van der Waals surface area contributed by atoms with Crippen LogP contribution in [0.3, 0.4) is 0 Å².